The van der Waals surface area contributed by atoms with Gasteiger partial charge in [0.25, 0.3) is 0 Å². The Kier molecular flexibility index (Phi) is 1.51. The molecule has 2 N–H and O–H groups in total. The zero-order chi connectivity index (χ0) is 7.68. The summed E-state index contributed by atoms with van der Waals surface area (Å²) in [6.07, 6.45) is 5.27. The summed E-state index contributed by atoms with van der Waals surface area (Å²) in [6, 6.07) is 0. The molecular formula is C8H10N2O. The maximum Gasteiger partial charge on any atom is 0.164 e. The topological polar surface area (TPSA) is 41.1 Å². The van der Waals surface area contributed by atoms with Crippen LogP contribution in [0.5, 0.6) is 0 Å². The molecule has 58 valence electrons. The smallest absolute Gasteiger partial charge is 0.164 e. The van der Waals surface area contributed by atoms with Crippen LogP contribution in [0.15, 0.2) is 23.4 Å². The van der Waals surface area contributed by atoms with Gasteiger partial charge in [0.15, 0.2) is 5.78 Å². The summed E-state index contributed by atoms with van der Waals surface area (Å²) in [7, 11) is 0. The lowest BCUT2D eigenvalue weighted by atomic mass is 9.97. The normalized spacial score (nSPS) is 23.1. The largest absolute Gasteiger partial charge is 0.321 e. The SMILES string of the molecule is O=C1CC=CC2=C1CCNN2. The van der Waals surface area contributed by atoms with Crippen LogP contribution in [-0.2, 0) is 4.79 Å². The van der Waals surface area contributed by atoms with Gasteiger partial charge in [-0.05, 0) is 12.5 Å². The van der Waals surface area contributed by atoms with Crippen LogP contribution in [0.25, 0.3) is 0 Å². The van der Waals surface area contributed by atoms with E-state index in [1.54, 1.807) is 0 Å². The Balaban J connectivity index is 2.35. The summed E-state index contributed by atoms with van der Waals surface area (Å²) in [5, 5.41) is 0. The second kappa shape index (κ2) is 2.51. The summed E-state index contributed by atoms with van der Waals surface area (Å²) < 4.78 is 0. The van der Waals surface area contributed by atoms with Gasteiger partial charge < -0.3 is 5.43 Å². The van der Waals surface area contributed by atoms with Gasteiger partial charge in [-0.25, -0.2) is 5.43 Å². The van der Waals surface area contributed by atoms with Gasteiger partial charge >= 0.3 is 0 Å². The van der Waals surface area contributed by atoms with E-state index in [2.05, 4.69) is 10.9 Å². The number of allylic oxidation sites excluding steroid dienone is 2. The van der Waals surface area contributed by atoms with Gasteiger partial charge in [0.1, 0.15) is 0 Å². The molecule has 1 aliphatic heterocycles. The van der Waals surface area contributed by atoms with Crippen molar-refractivity contribution < 1.29 is 4.79 Å². The maximum absolute atomic E-state index is 11.3. The number of hydrogen-bond donors (Lipinski definition) is 2. The van der Waals surface area contributed by atoms with Gasteiger partial charge in [-0.2, -0.15) is 0 Å². The summed E-state index contributed by atoms with van der Waals surface area (Å²) in [5.74, 6) is 0.261. The van der Waals surface area contributed by atoms with Crippen LogP contribution in [0.2, 0.25) is 0 Å². The van der Waals surface area contributed by atoms with Crippen molar-refractivity contribution in [1.29, 1.82) is 0 Å². The Hall–Kier alpha value is -1.09. The lowest BCUT2D eigenvalue weighted by Gasteiger charge is -2.22. The highest BCUT2D eigenvalue weighted by molar-refractivity contribution is 5.98. The Morgan fingerprint density at radius 2 is 2.36 bits per heavy atom. The summed E-state index contributed by atoms with van der Waals surface area (Å²) >= 11 is 0. The first-order valence-corrected chi connectivity index (χ1v) is 3.80. The van der Waals surface area contributed by atoms with Crippen LogP contribution in [0.4, 0.5) is 0 Å². The number of carbonyl (C=O) groups excluding carboxylic acids is 1. The minimum Gasteiger partial charge on any atom is -0.321 e. The molecule has 3 heteroatoms. The highest BCUT2D eigenvalue weighted by Crippen LogP contribution is 2.17. The number of carbonyl (C=O) groups is 1. The van der Waals surface area contributed by atoms with Gasteiger partial charge in [0.05, 0.1) is 5.70 Å². The predicted octanol–water partition coefficient (Wildman–Crippen LogP) is 0.267. The Bertz CT molecular complexity index is 253. The van der Waals surface area contributed by atoms with Gasteiger partial charge in [0, 0.05) is 18.5 Å². The molecule has 0 aromatic rings. The lowest BCUT2D eigenvalue weighted by molar-refractivity contribution is -0.115. The number of nitrogens with one attached hydrogen (secondary N) is 2. The molecule has 0 aromatic carbocycles. The van der Waals surface area contributed by atoms with Crippen molar-refractivity contribution >= 4 is 5.78 Å². The van der Waals surface area contributed by atoms with Crippen LogP contribution in [0.3, 0.4) is 0 Å². The Morgan fingerprint density at radius 3 is 3.18 bits per heavy atom. The van der Waals surface area contributed by atoms with Crippen LogP contribution in [0, 0.1) is 0 Å². The highest BCUT2D eigenvalue weighted by atomic mass is 16.1. The average molecular weight is 150 g/mol. The van der Waals surface area contributed by atoms with Gasteiger partial charge in [-0.3, -0.25) is 4.79 Å². The number of hydrogen-bond acceptors (Lipinski definition) is 3. The van der Waals surface area contributed by atoms with E-state index in [-0.39, 0.29) is 5.78 Å². The monoisotopic (exact) mass is 150 g/mol. The van der Waals surface area contributed by atoms with Crippen molar-refractivity contribution in [2.75, 3.05) is 6.54 Å². The van der Waals surface area contributed by atoms with Gasteiger partial charge in [-0.1, -0.05) is 6.08 Å². The van der Waals surface area contributed by atoms with E-state index in [0.717, 1.165) is 24.2 Å². The zero-order valence-corrected chi connectivity index (χ0v) is 6.18. The molecule has 0 saturated carbocycles. The van der Waals surface area contributed by atoms with E-state index in [1.165, 1.54) is 0 Å². The summed E-state index contributed by atoms with van der Waals surface area (Å²) in [6.45, 7) is 0.846. The molecule has 0 aromatic heterocycles. The molecule has 0 radical (unpaired) electrons. The first-order valence-electron chi connectivity index (χ1n) is 3.80. The van der Waals surface area contributed by atoms with Crippen molar-refractivity contribution in [3.8, 4) is 0 Å². The molecule has 0 atom stereocenters. The molecule has 0 unspecified atom stereocenters. The summed E-state index contributed by atoms with van der Waals surface area (Å²) in [4.78, 5) is 11.3. The van der Waals surface area contributed by atoms with Crippen molar-refractivity contribution in [2.45, 2.75) is 12.8 Å². The molecule has 0 bridgehead atoms. The molecule has 0 spiro atoms. The molecular weight excluding hydrogens is 140 g/mol. The third-order valence-electron chi connectivity index (χ3n) is 1.97. The van der Waals surface area contributed by atoms with Crippen molar-refractivity contribution in [2.24, 2.45) is 0 Å². The number of ketones is 1. The second-order valence-electron chi connectivity index (χ2n) is 2.72. The van der Waals surface area contributed by atoms with Crippen LogP contribution in [-0.4, -0.2) is 12.3 Å². The third kappa shape index (κ3) is 1.07. The standard InChI is InChI=1S/C8H10N2O/c11-8-3-1-2-7-6(8)4-5-9-10-7/h1-2,9-10H,3-5H2. The van der Waals surface area contributed by atoms with Gasteiger partial charge in [0.2, 0.25) is 0 Å². The average Bonchev–Trinajstić information content (AvgIpc) is 2.06. The van der Waals surface area contributed by atoms with E-state index < -0.39 is 0 Å². The van der Waals surface area contributed by atoms with Crippen molar-refractivity contribution in [1.82, 2.24) is 10.9 Å². The lowest BCUT2D eigenvalue weighted by Crippen LogP contribution is -2.38. The fraction of sp³-hybridized carbons (Fsp3) is 0.375. The maximum atomic E-state index is 11.3. The van der Waals surface area contributed by atoms with Crippen LogP contribution >= 0.6 is 0 Å². The fourth-order valence-electron chi connectivity index (χ4n) is 1.39. The third-order valence-corrected chi connectivity index (χ3v) is 1.97. The first-order chi connectivity index (χ1) is 5.38. The van der Waals surface area contributed by atoms with Crippen molar-refractivity contribution in [3.05, 3.63) is 23.4 Å². The number of hydrazine groups is 1. The molecule has 0 fully saturated rings. The second-order valence-corrected chi connectivity index (χ2v) is 2.72. The molecule has 2 aliphatic rings. The van der Waals surface area contributed by atoms with Crippen LogP contribution < -0.4 is 10.9 Å². The number of Topliss-reactive ketones (excluding diaryl/α,β-unsaturated/α-hetero) is 1. The zero-order valence-electron chi connectivity index (χ0n) is 6.18. The molecule has 2 rings (SSSR count). The van der Waals surface area contributed by atoms with E-state index in [4.69, 9.17) is 0 Å². The molecule has 11 heavy (non-hydrogen) atoms. The quantitative estimate of drug-likeness (QED) is 0.520. The first kappa shape index (κ1) is 6.61. The molecule has 0 saturated heterocycles. The fourth-order valence-corrected chi connectivity index (χ4v) is 1.39. The molecule has 1 aliphatic carbocycles. The Labute approximate surface area is 65.1 Å². The number of rotatable bonds is 0. The van der Waals surface area contributed by atoms with Crippen molar-refractivity contribution in [3.63, 3.8) is 0 Å². The minimum atomic E-state index is 0.261. The van der Waals surface area contributed by atoms with E-state index in [0.29, 0.717) is 6.42 Å². The highest BCUT2D eigenvalue weighted by Gasteiger charge is 2.18. The van der Waals surface area contributed by atoms with Gasteiger partial charge in [-0.15, -0.1) is 0 Å². The van der Waals surface area contributed by atoms with E-state index in [1.807, 2.05) is 12.2 Å². The van der Waals surface area contributed by atoms with Crippen LogP contribution in [0.1, 0.15) is 12.8 Å². The van der Waals surface area contributed by atoms with E-state index in [9.17, 15) is 4.79 Å². The predicted molar refractivity (Wildman–Crippen MR) is 41.5 cm³/mol. The summed E-state index contributed by atoms with van der Waals surface area (Å²) in [5.41, 5.74) is 7.87. The minimum absolute atomic E-state index is 0.261. The molecule has 1 heterocycles. The molecule has 0 amide bonds. The molecule has 3 nitrogen and oxygen atoms in total. The van der Waals surface area contributed by atoms with E-state index >= 15 is 0 Å². The Morgan fingerprint density at radius 1 is 1.45 bits per heavy atom.